The highest BCUT2D eigenvalue weighted by Gasteiger charge is 2.20. The molecule has 0 bridgehead atoms. The van der Waals surface area contributed by atoms with Crippen LogP contribution >= 0.6 is 0 Å². The summed E-state index contributed by atoms with van der Waals surface area (Å²) in [5.41, 5.74) is 0.980. The number of hydrogen-bond acceptors (Lipinski definition) is 2. The van der Waals surface area contributed by atoms with Crippen LogP contribution in [0, 0.1) is 5.41 Å². The van der Waals surface area contributed by atoms with Gasteiger partial charge in [0.05, 0.1) is 6.61 Å². The zero-order valence-corrected chi connectivity index (χ0v) is 20.5. The summed E-state index contributed by atoms with van der Waals surface area (Å²) in [5.74, 6) is 1.53. The van der Waals surface area contributed by atoms with E-state index in [1.165, 1.54) is 51.4 Å². The molecule has 0 radical (unpaired) electrons. The summed E-state index contributed by atoms with van der Waals surface area (Å²) >= 11 is 0. The maximum atomic E-state index is 8.87. The molecule has 0 aliphatic carbocycles. The van der Waals surface area contributed by atoms with Crippen LogP contribution in [-0.2, 0) is 0 Å². The molecule has 172 valence electrons. The maximum Gasteiger partial charge on any atom is 0.129 e. The van der Waals surface area contributed by atoms with Gasteiger partial charge < -0.3 is 9.64 Å². The van der Waals surface area contributed by atoms with Gasteiger partial charge in [-0.15, -0.1) is 0 Å². The van der Waals surface area contributed by atoms with Crippen molar-refractivity contribution < 1.29 is 4.74 Å². The van der Waals surface area contributed by atoms with Gasteiger partial charge in [0.1, 0.15) is 11.6 Å². The summed E-state index contributed by atoms with van der Waals surface area (Å²) in [6, 6.07) is 13.0. The smallest absolute Gasteiger partial charge is 0.129 e. The van der Waals surface area contributed by atoms with E-state index in [4.69, 9.17) is 10.1 Å². The molecule has 0 aliphatic heterocycles. The third kappa shape index (κ3) is 7.55. The van der Waals surface area contributed by atoms with Crippen molar-refractivity contribution in [1.29, 1.82) is 5.41 Å². The Kier molecular flexibility index (Phi) is 10.9. The molecule has 0 aliphatic rings. The van der Waals surface area contributed by atoms with Crippen LogP contribution in [-0.4, -0.2) is 29.4 Å². The van der Waals surface area contributed by atoms with Gasteiger partial charge in [0.2, 0.25) is 0 Å². The minimum Gasteiger partial charge on any atom is -0.493 e. The van der Waals surface area contributed by atoms with Gasteiger partial charge in [-0.05, 0) is 51.6 Å². The fourth-order valence-corrected chi connectivity index (χ4v) is 4.45. The van der Waals surface area contributed by atoms with Gasteiger partial charge in [-0.2, -0.15) is 0 Å². The molecule has 0 saturated heterocycles. The lowest BCUT2D eigenvalue weighted by Crippen LogP contribution is -2.42. The van der Waals surface area contributed by atoms with Crippen molar-refractivity contribution in [3.05, 3.63) is 42.0 Å². The number of nitrogens with zero attached hydrogens (tertiary/aromatic N) is 1. The van der Waals surface area contributed by atoms with Crippen molar-refractivity contribution in [3.63, 3.8) is 0 Å². The monoisotopic (exact) mass is 424 g/mol. The summed E-state index contributed by atoms with van der Waals surface area (Å²) in [4.78, 5) is 2.17. The molecule has 0 fully saturated rings. The highest BCUT2D eigenvalue weighted by Crippen LogP contribution is 2.30. The molecule has 1 N–H and O–H groups in total. The molecule has 3 heteroatoms. The Morgan fingerprint density at radius 2 is 1.32 bits per heavy atom. The number of fused-ring (bicyclic) bond motifs is 1. The second kappa shape index (κ2) is 13.4. The number of hydrogen-bond donors (Lipinski definition) is 1. The Bertz CT molecular complexity index is 789. The van der Waals surface area contributed by atoms with Crippen LogP contribution in [0.3, 0.4) is 0 Å². The Morgan fingerprint density at radius 1 is 0.774 bits per heavy atom. The van der Waals surface area contributed by atoms with Crippen molar-refractivity contribution in [2.24, 2.45) is 0 Å². The van der Waals surface area contributed by atoms with E-state index in [2.05, 4.69) is 75.9 Å². The number of amidine groups is 1. The van der Waals surface area contributed by atoms with Gasteiger partial charge in [-0.3, -0.25) is 5.41 Å². The molecule has 2 rings (SSSR count). The van der Waals surface area contributed by atoms with Crippen LogP contribution in [0.5, 0.6) is 5.75 Å². The highest BCUT2D eigenvalue weighted by molar-refractivity contribution is 6.09. The van der Waals surface area contributed by atoms with Gasteiger partial charge >= 0.3 is 0 Å². The van der Waals surface area contributed by atoms with Crippen LogP contribution in [0.25, 0.3) is 10.8 Å². The van der Waals surface area contributed by atoms with E-state index < -0.39 is 0 Å². The number of ether oxygens (including phenoxy) is 1. The standard InChI is InChI=1S/C28H44N2O/c1-6-7-8-9-10-11-12-13-16-21-31-27-20-19-26(24-17-14-15-18-25(24)27)28(29)30(22(2)3)23(4)5/h14-15,17-20,22-23,29H,6-13,16,21H2,1-5H3. The summed E-state index contributed by atoms with van der Waals surface area (Å²) in [7, 11) is 0. The Morgan fingerprint density at radius 3 is 1.90 bits per heavy atom. The van der Waals surface area contributed by atoms with E-state index in [0.717, 1.165) is 35.1 Å². The van der Waals surface area contributed by atoms with Crippen molar-refractivity contribution in [1.82, 2.24) is 4.90 Å². The van der Waals surface area contributed by atoms with Crippen molar-refractivity contribution in [3.8, 4) is 5.75 Å². The molecule has 3 nitrogen and oxygen atoms in total. The average Bonchev–Trinajstić information content (AvgIpc) is 2.74. The van der Waals surface area contributed by atoms with E-state index in [9.17, 15) is 0 Å². The molecule has 0 heterocycles. The van der Waals surface area contributed by atoms with Crippen LogP contribution in [0.2, 0.25) is 0 Å². The van der Waals surface area contributed by atoms with Gasteiger partial charge in [0, 0.05) is 23.0 Å². The second-order valence-corrected chi connectivity index (χ2v) is 9.28. The molecule has 2 aromatic rings. The first-order chi connectivity index (χ1) is 15.0. The van der Waals surface area contributed by atoms with E-state index in [1.807, 2.05) is 0 Å². The van der Waals surface area contributed by atoms with Crippen molar-refractivity contribution in [2.75, 3.05) is 6.61 Å². The first-order valence-corrected chi connectivity index (χ1v) is 12.5. The molecule has 0 spiro atoms. The summed E-state index contributed by atoms with van der Waals surface area (Å²) in [6.45, 7) is 11.6. The summed E-state index contributed by atoms with van der Waals surface area (Å²) in [6.07, 6.45) is 11.9. The zero-order valence-electron chi connectivity index (χ0n) is 20.5. The lowest BCUT2D eigenvalue weighted by atomic mass is 10.0. The van der Waals surface area contributed by atoms with E-state index in [0.29, 0.717) is 5.84 Å². The molecule has 0 amide bonds. The predicted molar refractivity (Wildman–Crippen MR) is 136 cm³/mol. The van der Waals surface area contributed by atoms with Gasteiger partial charge in [0.25, 0.3) is 0 Å². The second-order valence-electron chi connectivity index (χ2n) is 9.28. The van der Waals surface area contributed by atoms with Crippen molar-refractivity contribution >= 4 is 16.6 Å². The lowest BCUT2D eigenvalue weighted by molar-refractivity contribution is 0.291. The van der Waals surface area contributed by atoms with Crippen molar-refractivity contribution in [2.45, 2.75) is 104 Å². The zero-order chi connectivity index (χ0) is 22.6. The predicted octanol–water partition coefficient (Wildman–Crippen LogP) is 8.19. The molecule has 0 saturated carbocycles. The SMILES string of the molecule is CCCCCCCCCCCOc1ccc(C(=N)N(C(C)C)C(C)C)c2ccccc12. The fraction of sp³-hybridized carbons (Fsp3) is 0.607. The number of benzene rings is 2. The quantitative estimate of drug-likeness (QED) is 0.188. The first kappa shape index (κ1) is 25.2. The Balaban J connectivity index is 1.95. The molecule has 2 aromatic carbocycles. The normalized spacial score (nSPS) is 11.5. The van der Waals surface area contributed by atoms with Crippen LogP contribution < -0.4 is 4.74 Å². The van der Waals surface area contributed by atoms with Crippen LogP contribution in [0.4, 0.5) is 0 Å². The Labute approximate surface area is 190 Å². The van der Waals surface area contributed by atoms with Gasteiger partial charge in [-0.1, -0.05) is 82.6 Å². The van der Waals surface area contributed by atoms with E-state index >= 15 is 0 Å². The largest absolute Gasteiger partial charge is 0.493 e. The molecule has 0 unspecified atom stereocenters. The van der Waals surface area contributed by atoms with Crippen LogP contribution in [0.1, 0.15) is 98.0 Å². The third-order valence-corrected chi connectivity index (χ3v) is 6.02. The summed E-state index contributed by atoms with van der Waals surface area (Å²) < 4.78 is 6.18. The van der Waals surface area contributed by atoms with E-state index in [1.54, 1.807) is 0 Å². The maximum absolute atomic E-state index is 8.87. The molecular formula is C28H44N2O. The highest BCUT2D eigenvalue weighted by atomic mass is 16.5. The Hall–Kier alpha value is -2.03. The number of nitrogens with one attached hydrogen (secondary N) is 1. The van der Waals surface area contributed by atoms with Gasteiger partial charge in [-0.25, -0.2) is 0 Å². The minimum atomic E-state index is 0.286. The van der Waals surface area contributed by atoms with Gasteiger partial charge in [0.15, 0.2) is 0 Å². The number of rotatable bonds is 14. The molecule has 31 heavy (non-hydrogen) atoms. The summed E-state index contributed by atoms with van der Waals surface area (Å²) in [5, 5.41) is 11.1. The molecule has 0 atom stereocenters. The van der Waals surface area contributed by atoms with E-state index in [-0.39, 0.29) is 12.1 Å². The fourth-order valence-electron chi connectivity index (χ4n) is 4.45. The minimum absolute atomic E-state index is 0.286. The average molecular weight is 425 g/mol. The topological polar surface area (TPSA) is 36.3 Å². The first-order valence-electron chi connectivity index (χ1n) is 12.5. The number of unbranched alkanes of at least 4 members (excludes halogenated alkanes) is 8. The third-order valence-electron chi connectivity index (χ3n) is 6.02. The molecular weight excluding hydrogens is 380 g/mol. The van der Waals surface area contributed by atoms with Crippen LogP contribution in [0.15, 0.2) is 36.4 Å². The lowest BCUT2D eigenvalue weighted by Gasteiger charge is -2.33. The molecule has 0 aromatic heterocycles.